The Bertz CT molecular complexity index is 1730. The number of aromatic nitrogens is 2. The second-order valence-electron chi connectivity index (χ2n) is 11.6. The number of rotatable bonds is 10. The van der Waals surface area contributed by atoms with Crippen molar-refractivity contribution in [3.8, 4) is 11.3 Å². The molecule has 1 aromatic heterocycles. The van der Waals surface area contributed by atoms with Crippen molar-refractivity contribution < 1.29 is 40.7 Å². The summed E-state index contributed by atoms with van der Waals surface area (Å²) in [5.41, 5.74) is 5.95. The number of hydrogen-bond donors (Lipinski definition) is 3. The molecule has 0 saturated carbocycles. The summed E-state index contributed by atoms with van der Waals surface area (Å²) in [6, 6.07) is 7.42. The van der Waals surface area contributed by atoms with Crippen LogP contribution < -0.4 is 11.1 Å². The molecule has 2 aliphatic rings. The van der Waals surface area contributed by atoms with E-state index >= 15 is 0 Å². The van der Waals surface area contributed by atoms with Gasteiger partial charge in [-0.3, -0.25) is 19.2 Å². The first-order chi connectivity index (χ1) is 21.6. The number of β-amino-alcohol motifs (C(OH)–C–C–N with tert-alkyl or cyclic N) is 1. The van der Waals surface area contributed by atoms with E-state index in [0.29, 0.717) is 24.2 Å². The fraction of sp³-hybridized carbons (Fsp3) is 0.433. The number of hydrogen-bond acceptors (Lipinski definition) is 7. The van der Waals surface area contributed by atoms with Gasteiger partial charge in [0.25, 0.3) is 5.91 Å². The predicted molar refractivity (Wildman–Crippen MR) is 159 cm³/mol. The summed E-state index contributed by atoms with van der Waals surface area (Å²) in [6.07, 6.45) is -3.07. The van der Waals surface area contributed by atoms with E-state index in [1.807, 2.05) is 0 Å². The summed E-state index contributed by atoms with van der Waals surface area (Å²) in [6.45, 7) is 0.286. The number of sulfonamides is 1. The Labute approximate surface area is 263 Å². The molecule has 1 fully saturated rings. The molecule has 5 rings (SSSR count). The van der Waals surface area contributed by atoms with Crippen molar-refractivity contribution in [2.45, 2.75) is 57.2 Å². The molecule has 2 amide bonds. The minimum Gasteiger partial charge on any atom is -0.390 e. The molecule has 16 heteroatoms. The van der Waals surface area contributed by atoms with Crippen molar-refractivity contribution >= 4 is 21.8 Å². The smallest absolute Gasteiger partial charge is 0.390 e. The van der Waals surface area contributed by atoms with Crippen LogP contribution in [0.1, 0.15) is 45.6 Å². The van der Waals surface area contributed by atoms with Gasteiger partial charge in [0, 0.05) is 55.0 Å². The Morgan fingerprint density at radius 3 is 2.50 bits per heavy atom. The molecule has 3 aromatic rings. The van der Waals surface area contributed by atoms with Gasteiger partial charge in [-0.05, 0) is 61.3 Å². The van der Waals surface area contributed by atoms with E-state index < -0.39 is 58.1 Å². The predicted octanol–water partition coefficient (Wildman–Crippen LogP) is 2.27. The number of aliphatic hydroxyl groups is 1. The molecule has 46 heavy (non-hydrogen) atoms. The van der Waals surface area contributed by atoms with E-state index in [0.717, 1.165) is 30.9 Å². The van der Waals surface area contributed by atoms with E-state index in [1.165, 1.54) is 33.3 Å². The molecule has 1 unspecified atom stereocenters. The molecule has 1 saturated heterocycles. The van der Waals surface area contributed by atoms with Gasteiger partial charge in [0.05, 0.1) is 36.2 Å². The standard InChI is InChI=1S/C30H34F4N6O5S/c1-46(44,45)39-12-10-25-23(17-39)27(37-40(25)16-22(41)15-38-11-2-3-26(38)28(35)42)19-6-9-24(30(32,33)34)20(13-19)14-36-29(43)18-4-7-21(31)8-5-18/h4-9,13,22,26,41H,2-3,10-12,14-17H2,1H3,(H2,35,42)(H,36,43)/t22-,26?/m0/s1. The first-order valence-corrected chi connectivity index (χ1v) is 16.5. The Balaban J connectivity index is 1.48. The van der Waals surface area contributed by atoms with Crippen molar-refractivity contribution in [2.24, 2.45) is 5.73 Å². The molecule has 2 atom stereocenters. The van der Waals surface area contributed by atoms with E-state index in [1.54, 1.807) is 4.90 Å². The van der Waals surface area contributed by atoms with Gasteiger partial charge >= 0.3 is 6.18 Å². The van der Waals surface area contributed by atoms with Crippen LogP contribution in [0.15, 0.2) is 42.5 Å². The van der Waals surface area contributed by atoms with E-state index in [2.05, 4.69) is 10.4 Å². The number of primary amides is 1. The van der Waals surface area contributed by atoms with Gasteiger partial charge in [0.2, 0.25) is 15.9 Å². The molecular formula is C30H34F4N6O5S. The molecule has 0 spiro atoms. The maximum atomic E-state index is 14.0. The zero-order valence-electron chi connectivity index (χ0n) is 24.9. The molecule has 2 aliphatic heterocycles. The van der Waals surface area contributed by atoms with Gasteiger partial charge in [-0.25, -0.2) is 12.8 Å². The Morgan fingerprint density at radius 2 is 1.85 bits per heavy atom. The lowest BCUT2D eigenvalue weighted by Crippen LogP contribution is -2.44. The average molecular weight is 667 g/mol. The van der Waals surface area contributed by atoms with Gasteiger partial charge in [-0.1, -0.05) is 6.07 Å². The quantitative estimate of drug-likeness (QED) is 0.281. The van der Waals surface area contributed by atoms with Crippen LogP contribution in [0.25, 0.3) is 11.3 Å². The zero-order chi connectivity index (χ0) is 33.4. The number of benzene rings is 2. The third-order valence-electron chi connectivity index (χ3n) is 8.32. The number of nitrogens with two attached hydrogens (primary N) is 1. The number of fused-ring (bicyclic) bond motifs is 1. The molecule has 0 radical (unpaired) electrons. The molecule has 4 N–H and O–H groups in total. The van der Waals surface area contributed by atoms with Gasteiger partial charge < -0.3 is 16.2 Å². The average Bonchev–Trinajstić information content (AvgIpc) is 3.59. The molecule has 0 aliphatic carbocycles. The lowest BCUT2D eigenvalue weighted by molar-refractivity contribution is -0.138. The van der Waals surface area contributed by atoms with Crippen LogP contribution >= 0.6 is 0 Å². The Kier molecular flexibility index (Phi) is 9.54. The first-order valence-electron chi connectivity index (χ1n) is 14.6. The fourth-order valence-electron chi connectivity index (χ4n) is 6.07. The van der Waals surface area contributed by atoms with Crippen LogP contribution in [0.4, 0.5) is 17.6 Å². The minimum atomic E-state index is -4.75. The van der Waals surface area contributed by atoms with Gasteiger partial charge in [-0.2, -0.15) is 22.6 Å². The second-order valence-corrected chi connectivity index (χ2v) is 13.6. The van der Waals surface area contributed by atoms with Gasteiger partial charge in [0.1, 0.15) is 5.82 Å². The number of carbonyl (C=O) groups is 2. The van der Waals surface area contributed by atoms with Crippen LogP contribution in [0, 0.1) is 5.82 Å². The molecule has 0 bridgehead atoms. The third kappa shape index (κ3) is 7.40. The summed E-state index contributed by atoms with van der Waals surface area (Å²) < 4.78 is 83.0. The van der Waals surface area contributed by atoms with Gasteiger partial charge in [-0.15, -0.1) is 0 Å². The van der Waals surface area contributed by atoms with Crippen LogP contribution in [0.5, 0.6) is 0 Å². The third-order valence-corrected chi connectivity index (χ3v) is 9.57. The molecule has 11 nitrogen and oxygen atoms in total. The number of alkyl halides is 3. The zero-order valence-corrected chi connectivity index (χ0v) is 25.7. The summed E-state index contributed by atoms with van der Waals surface area (Å²) in [5.74, 6) is -1.75. The Morgan fingerprint density at radius 1 is 1.13 bits per heavy atom. The number of carbonyl (C=O) groups excluding carboxylic acids is 2. The first kappa shape index (κ1) is 33.5. The number of halogens is 4. The van der Waals surface area contributed by atoms with E-state index in [4.69, 9.17) is 5.73 Å². The van der Waals surface area contributed by atoms with Crippen LogP contribution in [0.3, 0.4) is 0 Å². The summed E-state index contributed by atoms with van der Waals surface area (Å²) in [5, 5.41) is 18.1. The maximum absolute atomic E-state index is 14.0. The van der Waals surface area contributed by atoms with Crippen molar-refractivity contribution in [1.29, 1.82) is 0 Å². The SMILES string of the molecule is CS(=O)(=O)N1CCc2c(c(-c3ccc(C(F)(F)F)c(CNC(=O)c4ccc(F)cc4)c3)nn2C[C@@H](O)CN2CCCC2C(N)=O)C1. The molecular weight excluding hydrogens is 632 g/mol. The Hall–Kier alpha value is -3.86. The number of amides is 2. The normalized spacial score (nSPS) is 18.3. The monoisotopic (exact) mass is 666 g/mol. The van der Waals surface area contributed by atoms with Crippen molar-refractivity contribution in [1.82, 2.24) is 24.3 Å². The fourth-order valence-corrected chi connectivity index (χ4v) is 6.86. The summed E-state index contributed by atoms with van der Waals surface area (Å²) in [7, 11) is -3.62. The van der Waals surface area contributed by atoms with Crippen molar-refractivity contribution in [3.63, 3.8) is 0 Å². The molecule has 248 valence electrons. The lowest BCUT2D eigenvalue weighted by atomic mass is 9.97. The van der Waals surface area contributed by atoms with Crippen LogP contribution in [-0.2, 0) is 47.0 Å². The highest BCUT2D eigenvalue weighted by molar-refractivity contribution is 7.88. The summed E-state index contributed by atoms with van der Waals surface area (Å²) >= 11 is 0. The highest BCUT2D eigenvalue weighted by Crippen LogP contribution is 2.37. The topological polar surface area (TPSA) is 151 Å². The van der Waals surface area contributed by atoms with Gasteiger partial charge in [0.15, 0.2) is 0 Å². The molecule has 2 aromatic carbocycles. The van der Waals surface area contributed by atoms with Crippen molar-refractivity contribution in [3.05, 3.63) is 76.2 Å². The van der Waals surface area contributed by atoms with E-state index in [9.17, 15) is 40.7 Å². The minimum absolute atomic E-state index is 0.00951. The van der Waals surface area contributed by atoms with Crippen LogP contribution in [-0.4, -0.2) is 82.4 Å². The van der Waals surface area contributed by atoms with Crippen molar-refractivity contribution in [2.75, 3.05) is 25.9 Å². The number of likely N-dealkylation sites (tertiary alicyclic amines) is 1. The van der Waals surface area contributed by atoms with E-state index in [-0.39, 0.29) is 55.0 Å². The second kappa shape index (κ2) is 13.1. The number of nitrogens with zero attached hydrogens (tertiary/aromatic N) is 4. The number of nitrogens with one attached hydrogen (secondary N) is 1. The number of aliphatic hydroxyl groups excluding tert-OH is 1. The highest BCUT2D eigenvalue weighted by Gasteiger charge is 2.35. The largest absolute Gasteiger partial charge is 0.416 e. The highest BCUT2D eigenvalue weighted by atomic mass is 32.2. The lowest BCUT2D eigenvalue weighted by Gasteiger charge is -2.27. The maximum Gasteiger partial charge on any atom is 0.416 e. The molecule has 3 heterocycles. The summed E-state index contributed by atoms with van der Waals surface area (Å²) in [4.78, 5) is 26.2. The van der Waals surface area contributed by atoms with Crippen LogP contribution in [0.2, 0.25) is 0 Å².